The third-order valence-electron chi connectivity index (χ3n) is 4.19. The summed E-state index contributed by atoms with van der Waals surface area (Å²) in [4.78, 5) is 31.3. The number of aromatic amines is 1. The van der Waals surface area contributed by atoms with Crippen molar-refractivity contribution in [3.63, 3.8) is 0 Å². The number of hydrogen-bond acceptors (Lipinski definition) is 5. The van der Waals surface area contributed by atoms with Gasteiger partial charge in [0, 0.05) is 24.5 Å². The Morgan fingerprint density at radius 1 is 1.28 bits per heavy atom. The van der Waals surface area contributed by atoms with E-state index in [0.717, 1.165) is 6.07 Å². The minimum Gasteiger partial charge on any atom is -0.453 e. The molecule has 2 aromatic heterocycles. The number of rotatable bonds is 7. The molecular formula is C20H22FN5O3. The fourth-order valence-electron chi connectivity index (χ4n) is 2.78. The molecule has 8 nitrogen and oxygen atoms in total. The van der Waals surface area contributed by atoms with Crippen molar-refractivity contribution in [3.8, 4) is 11.5 Å². The molecule has 3 rings (SSSR count). The number of nitrogens with zero attached hydrogens (tertiary/aromatic N) is 1. The second-order valence-electron chi connectivity index (χ2n) is 7.38. The van der Waals surface area contributed by atoms with Crippen molar-refractivity contribution in [3.05, 3.63) is 54.1 Å². The Labute approximate surface area is 166 Å². The Kier molecular flexibility index (Phi) is 5.51. The number of ether oxygens (including phenoxy) is 1. The van der Waals surface area contributed by atoms with Crippen LogP contribution in [0.2, 0.25) is 0 Å². The van der Waals surface area contributed by atoms with E-state index in [1.807, 2.05) is 0 Å². The highest BCUT2D eigenvalue weighted by molar-refractivity contribution is 6.05. The molecule has 2 heterocycles. The van der Waals surface area contributed by atoms with E-state index in [4.69, 9.17) is 16.2 Å². The van der Waals surface area contributed by atoms with Crippen LogP contribution in [0.25, 0.3) is 11.0 Å². The number of aromatic nitrogens is 2. The van der Waals surface area contributed by atoms with Gasteiger partial charge in [0.1, 0.15) is 17.3 Å². The summed E-state index contributed by atoms with van der Waals surface area (Å²) in [5, 5.41) is 3.25. The van der Waals surface area contributed by atoms with Gasteiger partial charge in [-0.3, -0.25) is 9.59 Å². The third-order valence-corrected chi connectivity index (χ3v) is 4.19. The van der Waals surface area contributed by atoms with E-state index in [-0.39, 0.29) is 17.9 Å². The van der Waals surface area contributed by atoms with Crippen molar-refractivity contribution >= 4 is 22.8 Å². The SMILES string of the molecule is CC(C)(N)CNC(=O)C(C(N)=O)c1ccc(Oc2ccnc3[nH]ccc23)c(F)c1. The number of pyridine rings is 1. The monoisotopic (exact) mass is 399 g/mol. The Morgan fingerprint density at radius 3 is 2.69 bits per heavy atom. The van der Waals surface area contributed by atoms with E-state index >= 15 is 0 Å². The third kappa shape index (κ3) is 4.69. The molecule has 6 N–H and O–H groups in total. The van der Waals surface area contributed by atoms with Gasteiger partial charge in [-0.1, -0.05) is 6.07 Å². The first-order valence-corrected chi connectivity index (χ1v) is 8.91. The lowest BCUT2D eigenvalue weighted by Crippen LogP contribution is -2.47. The molecule has 0 aliphatic rings. The van der Waals surface area contributed by atoms with Crippen molar-refractivity contribution in [2.75, 3.05) is 6.54 Å². The second kappa shape index (κ2) is 7.88. The number of carbonyl (C=O) groups excluding carboxylic acids is 2. The first kappa shape index (κ1) is 20.3. The van der Waals surface area contributed by atoms with Crippen LogP contribution >= 0.6 is 0 Å². The van der Waals surface area contributed by atoms with E-state index in [2.05, 4.69) is 15.3 Å². The van der Waals surface area contributed by atoms with Crippen molar-refractivity contribution in [1.82, 2.24) is 15.3 Å². The predicted molar refractivity (Wildman–Crippen MR) is 106 cm³/mol. The zero-order valence-electron chi connectivity index (χ0n) is 16.0. The number of H-pyrrole nitrogens is 1. The minimum absolute atomic E-state index is 0.0610. The van der Waals surface area contributed by atoms with E-state index < -0.39 is 29.1 Å². The number of nitrogens with one attached hydrogen (secondary N) is 2. The number of hydrogen-bond donors (Lipinski definition) is 4. The van der Waals surface area contributed by atoms with Gasteiger partial charge in [-0.25, -0.2) is 9.37 Å². The zero-order valence-corrected chi connectivity index (χ0v) is 16.0. The van der Waals surface area contributed by atoms with Gasteiger partial charge in [0.2, 0.25) is 11.8 Å². The molecule has 1 aromatic carbocycles. The van der Waals surface area contributed by atoms with Crippen molar-refractivity contribution in [1.29, 1.82) is 0 Å². The number of nitrogens with two attached hydrogens (primary N) is 2. The topological polar surface area (TPSA) is 136 Å². The molecule has 0 fully saturated rings. The van der Waals surface area contributed by atoms with Gasteiger partial charge >= 0.3 is 0 Å². The maximum atomic E-state index is 14.7. The molecule has 9 heteroatoms. The summed E-state index contributed by atoms with van der Waals surface area (Å²) in [5.41, 5.74) is 11.3. The minimum atomic E-state index is -1.35. The average molecular weight is 399 g/mol. The van der Waals surface area contributed by atoms with E-state index in [1.165, 1.54) is 18.3 Å². The van der Waals surface area contributed by atoms with Crippen LogP contribution in [0.1, 0.15) is 25.3 Å². The highest BCUT2D eigenvalue weighted by atomic mass is 19.1. The van der Waals surface area contributed by atoms with E-state index in [0.29, 0.717) is 16.8 Å². The number of amides is 2. The zero-order chi connectivity index (χ0) is 21.2. The summed E-state index contributed by atoms with van der Waals surface area (Å²) in [6.45, 7) is 3.58. The predicted octanol–water partition coefficient (Wildman–Crippen LogP) is 1.92. The largest absolute Gasteiger partial charge is 0.453 e. The Hall–Kier alpha value is -3.46. The first-order valence-electron chi connectivity index (χ1n) is 8.91. The molecule has 0 bridgehead atoms. The quantitative estimate of drug-likeness (QED) is 0.450. The van der Waals surface area contributed by atoms with Crippen LogP contribution in [0, 0.1) is 5.82 Å². The fourth-order valence-corrected chi connectivity index (χ4v) is 2.78. The average Bonchev–Trinajstić information content (AvgIpc) is 3.11. The maximum absolute atomic E-state index is 14.7. The van der Waals surface area contributed by atoms with Crippen LogP contribution < -0.4 is 21.5 Å². The normalized spacial score (nSPS) is 12.6. The summed E-state index contributed by atoms with van der Waals surface area (Å²) in [6, 6.07) is 7.21. The highest BCUT2D eigenvalue weighted by Crippen LogP contribution is 2.31. The van der Waals surface area contributed by atoms with Gasteiger partial charge in [0.05, 0.1) is 5.39 Å². The number of primary amides is 1. The molecular weight excluding hydrogens is 377 g/mol. The number of fused-ring (bicyclic) bond motifs is 1. The molecule has 0 saturated heterocycles. The number of carbonyl (C=O) groups is 2. The van der Waals surface area contributed by atoms with Crippen LogP contribution in [0.3, 0.4) is 0 Å². The van der Waals surface area contributed by atoms with Gasteiger partial charge in [0.25, 0.3) is 0 Å². The summed E-state index contributed by atoms with van der Waals surface area (Å²) in [6.07, 6.45) is 3.23. The van der Waals surface area contributed by atoms with Gasteiger partial charge < -0.3 is 26.5 Å². The second-order valence-corrected chi connectivity index (χ2v) is 7.38. The summed E-state index contributed by atoms with van der Waals surface area (Å²) < 4.78 is 20.3. The molecule has 1 unspecified atom stereocenters. The number of benzene rings is 1. The molecule has 3 aromatic rings. The van der Waals surface area contributed by atoms with Gasteiger partial charge in [-0.2, -0.15) is 0 Å². The lowest BCUT2D eigenvalue weighted by Gasteiger charge is -2.21. The lowest BCUT2D eigenvalue weighted by molar-refractivity contribution is -0.130. The van der Waals surface area contributed by atoms with Crippen molar-refractivity contribution in [2.24, 2.45) is 11.5 Å². The molecule has 0 aliphatic carbocycles. The van der Waals surface area contributed by atoms with Crippen LogP contribution in [-0.2, 0) is 9.59 Å². The van der Waals surface area contributed by atoms with Crippen LogP contribution in [0.5, 0.6) is 11.5 Å². The molecule has 2 amide bonds. The van der Waals surface area contributed by atoms with E-state index in [1.54, 1.807) is 32.2 Å². The Morgan fingerprint density at radius 2 is 2.03 bits per heavy atom. The van der Waals surface area contributed by atoms with E-state index in [9.17, 15) is 14.0 Å². The molecule has 0 spiro atoms. The highest BCUT2D eigenvalue weighted by Gasteiger charge is 2.28. The molecule has 0 aliphatic heterocycles. The van der Waals surface area contributed by atoms with Gasteiger partial charge in [-0.15, -0.1) is 0 Å². The fraction of sp³-hybridized carbons (Fsp3) is 0.250. The summed E-state index contributed by atoms with van der Waals surface area (Å²) in [7, 11) is 0. The van der Waals surface area contributed by atoms with Gasteiger partial charge in [-0.05, 0) is 43.7 Å². The van der Waals surface area contributed by atoms with Crippen molar-refractivity contribution < 1.29 is 18.7 Å². The molecule has 152 valence electrons. The lowest BCUT2D eigenvalue weighted by atomic mass is 9.96. The van der Waals surface area contributed by atoms with Crippen LogP contribution in [0.15, 0.2) is 42.7 Å². The molecule has 0 radical (unpaired) electrons. The smallest absolute Gasteiger partial charge is 0.237 e. The summed E-state index contributed by atoms with van der Waals surface area (Å²) in [5.74, 6) is -3.27. The summed E-state index contributed by atoms with van der Waals surface area (Å²) >= 11 is 0. The Bertz CT molecular complexity index is 1060. The standard InChI is InChI=1S/C20H22FN5O3/c1-20(2,23)10-26-19(28)16(17(22)27)11-3-4-15(13(21)9-11)29-14-6-8-25-18-12(14)5-7-24-18/h3-9,16H,10,23H2,1-2H3,(H2,22,27)(H,24,25)(H,26,28). The maximum Gasteiger partial charge on any atom is 0.237 e. The number of halogens is 1. The molecule has 0 saturated carbocycles. The molecule has 29 heavy (non-hydrogen) atoms. The van der Waals surface area contributed by atoms with Crippen LogP contribution in [-0.4, -0.2) is 33.9 Å². The van der Waals surface area contributed by atoms with Crippen molar-refractivity contribution in [2.45, 2.75) is 25.3 Å². The first-order chi connectivity index (χ1) is 13.7. The van der Waals surface area contributed by atoms with Crippen LogP contribution in [0.4, 0.5) is 4.39 Å². The van der Waals surface area contributed by atoms with Gasteiger partial charge in [0.15, 0.2) is 11.6 Å². The Balaban J connectivity index is 1.84. The molecule has 1 atom stereocenters.